The van der Waals surface area contributed by atoms with Gasteiger partial charge in [0.15, 0.2) is 6.61 Å². The van der Waals surface area contributed by atoms with Crippen molar-refractivity contribution in [3.63, 3.8) is 0 Å². The molecule has 4 nitrogen and oxygen atoms in total. The smallest absolute Gasteiger partial charge is 0.422 e. The third-order valence-corrected chi connectivity index (χ3v) is 3.89. The highest BCUT2D eigenvalue weighted by Gasteiger charge is 2.28. The number of nitrogens with zero attached hydrogens (tertiary/aromatic N) is 1. The number of rotatable bonds is 5. The molecule has 0 atom stereocenters. The molecule has 0 N–H and O–H groups in total. The number of pyridine rings is 1. The maximum atomic E-state index is 12.7. The summed E-state index contributed by atoms with van der Waals surface area (Å²) in [7, 11) is 1.51. The van der Waals surface area contributed by atoms with Gasteiger partial charge in [0.1, 0.15) is 11.5 Å². The van der Waals surface area contributed by atoms with Gasteiger partial charge in [-0.3, -0.25) is 4.79 Å². The van der Waals surface area contributed by atoms with Crippen LogP contribution in [0.1, 0.15) is 5.56 Å². The Morgan fingerprint density at radius 3 is 2.58 bits per heavy atom. The van der Waals surface area contributed by atoms with E-state index in [0.717, 1.165) is 5.39 Å². The molecule has 2 aromatic carbocycles. The molecule has 0 radical (unpaired) electrons. The van der Waals surface area contributed by atoms with Gasteiger partial charge in [-0.15, -0.1) is 0 Å². The van der Waals surface area contributed by atoms with Gasteiger partial charge < -0.3 is 14.0 Å². The Hall–Kier alpha value is -2.96. The van der Waals surface area contributed by atoms with E-state index in [1.165, 1.54) is 17.7 Å². The second-order valence-corrected chi connectivity index (χ2v) is 5.71. The molecular weight excluding hydrogens is 347 g/mol. The number of ether oxygens (including phenoxy) is 2. The van der Waals surface area contributed by atoms with Gasteiger partial charge in [0.25, 0.3) is 5.56 Å². The molecule has 1 aromatic heterocycles. The van der Waals surface area contributed by atoms with Crippen LogP contribution in [0.25, 0.3) is 10.8 Å². The van der Waals surface area contributed by atoms with E-state index < -0.39 is 12.8 Å². The molecular formula is C19H16F3NO3. The summed E-state index contributed by atoms with van der Waals surface area (Å²) in [5, 5.41) is 1.23. The lowest BCUT2D eigenvalue weighted by Gasteiger charge is -2.14. The lowest BCUT2D eigenvalue weighted by atomic mass is 10.1. The molecule has 0 saturated carbocycles. The van der Waals surface area contributed by atoms with Gasteiger partial charge in [-0.2, -0.15) is 13.2 Å². The van der Waals surface area contributed by atoms with Crippen LogP contribution in [0.15, 0.2) is 59.5 Å². The first kappa shape index (κ1) is 17.8. The van der Waals surface area contributed by atoms with Crippen molar-refractivity contribution in [3.8, 4) is 11.5 Å². The van der Waals surface area contributed by atoms with Crippen molar-refractivity contribution in [2.75, 3.05) is 13.7 Å². The molecule has 0 aliphatic carbocycles. The molecule has 1 heterocycles. The lowest BCUT2D eigenvalue weighted by molar-refractivity contribution is -0.153. The Labute approximate surface area is 147 Å². The van der Waals surface area contributed by atoms with Gasteiger partial charge in [0.2, 0.25) is 0 Å². The van der Waals surface area contributed by atoms with Crippen LogP contribution in [0.5, 0.6) is 11.5 Å². The van der Waals surface area contributed by atoms with Gasteiger partial charge in [0.05, 0.1) is 19.0 Å². The van der Waals surface area contributed by atoms with Crippen LogP contribution in [0, 0.1) is 0 Å². The van der Waals surface area contributed by atoms with Crippen molar-refractivity contribution in [2.24, 2.45) is 0 Å². The molecule has 0 spiro atoms. The van der Waals surface area contributed by atoms with Gasteiger partial charge in [0, 0.05) is 11.8 Å². The quantitative estimate of drug-likeness (QED) is 0.688. The maximum Gasteiger partial charge on any atom is 0.422 e. The fraction of sp³-hybridized carbons (Fsp3) is 0.211. The Kier molecular flexibility index (Phi) is 4.88. The first-order chi connectivity index (χ1) is 12.4. The number of fused-ring (bicyclic) bond motifs is 1. The molecule has 0 saturated heterocycles. The second-order valence-electron chi connectivity index (χ2n) is 5.71. The van der Waals surface area contributed by atoms with Crippen LogP contribution in [0.3, 0.4) is 0 Å². The zero-order valence-electron chi connectivity index (χ0n) is 13.9. The molecule has 7 heteroatoms. The van der Waals surface area contributed by atoms with Crippen LogP contribution in [0.2, 0.25) is 0 Å². The third kappa shape index (κ3) is 3.99. The monoisotopic (exact) mass is 363 g/mol. The third-order valence-electron chi connectivity index (χ3n) is 3.89. The molecule has 136 valence electrons. The molecule has 26 heavy (non-hydrogen) atoms. The van der Waals surface area contributed by atoms with E-state index in [-0.39, 0.29) is 17.9 Å². The molecule has 3 aromatic rings. The van der Waals surface area contributed by atoms with Crippen molar-refractivity contribution in [1.29, 1.82) is 0 Å². The average molecular weight is 363 g/mol. The topological polar surface area (TPSA) is 40.5 Å². The van der Waals surface area contributed by atoms with Crippen LogP contribution in [-0.4, -0.2) is 24.5 Å². The van der Waals surface area contributed by atoms with Crippen molar-refractivity contribution < 1.29 is 22.6 Å². The number of hydrogen-bond acceptors (Lipinski definition) is 3. The number of aromatic nitrogens is 1. The molecule has 0 fully saturated rings. The summed E-state index contributed by atoms with van der Waals surface area (Å²) in [6, 6.07) is 13.3. The minimum Gasteiger partial charge on any atom is -0.497 e. The summed E-state index contributed by atoms with van der Waals surface area (Å²) < 4.78 is 48.7. The highest BCUT2D eigenvalue weighted by Crippen LogP contribution is 2.23. The Morgan fingerprint density at radius 2 is 1.85 bits per heavy atom. The van der Waals surface area contributed by atoms with E-state index in [1.807, 2.05) is 0 Å². The van der Waals surface area contributed by atoms with Gasteiger partial charge >= 0.3 is 6.18 Å². The minimum absolute atomic E-state index is 0.0972. The van der Waals surface area contributed by atoms with E-state index in [9.17, 15) is 18.0 Å². The van der Waals surface area contributed by atoms with E-state index in [4.69, 9.17) is 9.47 Å². The first-order valence-electron chi connectivity index (χ1n) is 7.82. The molecule has 3 rings (SSSR count). The highest BCUT2D eigenvalue weighted by atomic mass is 19.4. The number of benzene rings is 2. The zero-order valence-corrected chi connectivity index (χ0v) is 13.9. The zero-order chi connectivity index (χ0) is 18.7. The number of methoxy groups -OCH3 is 1. The molecule has 0 bridgehead atoms. The Morgan fingerprint density at radius 1 is 1.08 bits per heavy atom. The maximum absolute atomic E-state index is 12.7. The van der Waals surface area contributed by atoms with E-state index in [2.05, 4.69) is 0 Å². The summed E-state index contributed by atoms with van der Waals surface area (Å²) in [5.74, 6) is 0.656. The number of alkyl halides is 3. The average Bonchev–Trinajstić information content (AvgIpc) is 2.62. The van der Waals surface area contributed by atoms with E-state index >= 15 is 0 Å². The Balaban J connectivity index is 1.94. The summed E-state index contributed by atoms with van der Waals surface area (Å²) in [4.78, 5) is 12.7. The van der Waals surface area contributed by atoms with Crippen molar-refractivity contribution in [3.05, 3.63) is 70.6 Å². The minimum atomic E-state index is -4.43. The van der Waals surface area contributed by atoms with Gasteiger partial charge in [-0.25, -0.2) is 0 Å². The number of para-hydroxylation sites is 1. The van der Waals surface area contributed by atoms with Crippen LogP contribution in [0.4, 0.5) is 13.2 Å². The highest BCUT2D eigenvalue weighted by molar-refractivity contribution is 5.82. The van der Waals surface area contributed by atoms with Gasteiger partial charge in [-0.1, -0.05) is 24.3 Å². The first-order valence-corrected chi connectivity index (χ1v) is 7.82. The predicted molar refractivity (Wildman–Crippen MR) is 91.9 cm³/mol. The molecule has 0 amide bonds. The lowest BCUT2D eigenvalue weighted by Crippen LogP contribution is -2.22. The number of halogens is 3. The second kappa shape index (κ2) is 7.11. The van der Waals surface area contributed by atoms with Crippen molar-refractivity contribution in [1.82, 2.24) is 4.57 Å². The molecule has 0 aliphatic heterocycles. The molecule has 0 aliphatic rings. The van der Waals surface area contributed by atoms with Crippen LogP contribution < -0.4 is 15.0 Å². The van der Waals surface area contributed by atoms with E-state index in [0.29, 0.717) is 16.7 Å². The summed E-state index contributed by atoms with van der Waals surface area (Å²) >= 11 is 0. The van der Waals surface area contributed by atoms with Crippen LogP contribution in [-0.2, 0) is 6.54 Å². The summed E-state index contributed by atoms with van der Waals surface area (Å²) in [5.41, 5.74) is 0.230. The Bertz CT molecular complexity index is 980. The van der Waals surface area contributed by atoms with Crippen molar-refractivity contribution >= 4 is 10.8 Å². The summed E-state index contributed by atoms with van der Waals surface area (Å²) in [6.07, 6.45) is -2.82. The molecule has 0 unspecified atom stereocenters. The number of hydrogen-bond donors (Lipinski definition) is 0. The SMILES string of the molecule is COc1ccc2ccn(Cc3ccccc3OCC(F)(F)F)c(=O)c2c1. The standard InChI is InChI=1S/C19H16F3NO3/c1-25-15-7-6-13-8-9-23(18(24)16(13)10-15)11-14-4-2-3-5-17(14)26-12-19(20,21)22/h2-10H,11-12H2,1H3. The fourth-order valence-electron chi connectivity index (χ4n) is 2.63. The largest absolute Gasteiger partial charge is 0.497 e. The summed E-state index contributed by atoms with van der Waals surface area (Å²) in [6.45, 7) is -1.28. The normalized spacial score (nSPS) is 11.5. The van der Waals surface area contributed by atoms with Gasteiger partial charge in [-0.05, 0) is 29.7 Å². The fourth-order valence-corrected chi connectivity index (χ4v) is 2.63. The van der Waals surface area contributed by atoms with Crippen molar-refractivity contribution in [2.45, 2.75) is 12.7 Å². The van der Waals surface area contributed by atoms with E-state index in [1.54, 1.807) is 48.7 Å². The predicted octanol–water partition coefficient (Wildman–Crippen LogP) is 4.00. The van der Waals surface area contributed by atoms with Crippen LogP contribution >= 0.6 is 0 Å².